The molecule has 6 heteroatoms. The van der Waals surface area contributed by atoms with Crippen LogP contribution in [-0.4, -0.2) is 66.5 Å². The molecule has 2 aliphatic heterocycles. The number of carbonyl (C=O) groups excluding carboxylic acids is 2. The Bertz CT molecular complexity index is 866. The van der Waals surface area contributed by atoms with Gasteiger partial charge in [0.25, 0.3) is 5.91 Å². The van der Waals surface area contributed by atoms with Gasteiger partial charge in [0.2, 0.25) is 5.91 Å². The number of hydrogen-bond donors (Lipinski definition) is 1. The minimum absolute atomic E-state index is 0.00287. The van der Waals surface area contributed by atoms with Crippen molar-refractivity contribution < 1.29 is 14.3 Å². The molecule has 0 bridgehead atoms. The zero-order valence-corrected chi connectivity index (χ0v) is 18.6. The van der Waals surface area contributed by atoms with Gasteiger partial charge in [-0.05, 0) is 49.9 Å². The molecule has 2 amide bonds. The zero-order chi connectivity index (χ0) is 22.2. The second-order valence-electron chi connectivity index (χ2n) is 8.70. The molecule has 2 aromatic rings. The lowest BCUT2D eigenvalue weighted by molar-refractivity contribution is -0.131. The Morgan fingerprint density at radius 1 is 0.906 bits per heavy atom. The Balaban J connectivity index is 1.18. The summed E-state index contributed by atoms with van der Waals surface area (Å²) in [4.78, 5) is 29.2. The van der Waals surface area contributed by atoms with Crippen LogP contribution in [0.5, 0.6) is 0 Å². The number of nitrogens with zero attached hydrogens (tertiary/aromatic N) is 2. The molecule has 0 spiro atoms. The second-order valence-corrected chi connectivity index (χ2v) is 8.70. The first-order valence-corrected chi connectivity index (χ1v) is 11.7. The highest BCUT2D eigenvalue weighted by atomic mass is 16.5. The summed E-state index contributed by atoms with van der Waals surface area (Å²) in [5.41, 5.74) is 1.79. The van der Waals surface area contributed by atoms with Crippen molar-refractivity contribution >= 4 is 11.8 Å². The van der Waals surface area contributed by atoms with Crippen LogP contribution in [0, 0.1) is 0 Å². The predicted octanol–water partition coefficient (Wildman–Crippen LogP) is 3.09. The fourth-order valence-electron chi connectivity index (χ4n) is 4.81. The van der Waals surface area contributed by atoms with Crippen molar-refractivity contribution in [1.82, 2.24) is 15.1 Å². The van der Waals surface area contributed by atoms with Crippen LogP contribution in [0.4, 0.5) is 0 Å². The number of hydrogen-bond acceptors (Lipinski definition) is 4. The van der Waals surface area contributed by atoms with E-state index < -0.39 is 0 Å². The lowest BCUT2D eigenvalue weighted by Gasteiger charge is -2.39. The maximum absolute atomic E-state index is 12.6. The van der Waals surface area contributed by atoms with Gasteiger partial charge in [-0.3, -0.25) is 14.5 Å². The largest absolute Gasteiger partial charge is 0.375 e. The molecule has 2 fully saturated rings. The van der Waals surface area contributed by atoms with Gasteiger partial charge in [0.15, 0.2) is 0 Å². The van der Waals surface area contributed by atoms with E-state index in [-0.39, 0.29) is 18.4 Å². The summed E-state index contributed by atoms with van der Waals surface area (Å²) in [7, 11) is 0. The van der Waals surface area contributed by atoms with Crippen molar-refractivity contribution in [1.29, 1.82) is 0 Å². The van der Waals surface area contributed by atoms with E-state index in [2.05, 4.69) is 22.3 Å². The summed E-state index contributed by atoms with van der Waals surface area (Å²) < 4.78 is 6.03. The highest BCUT2D eigenvalue weighted by Gasteiger charge is 2.33. The molecule has 2 heterocycles. The van der Waals surface area contributed by atoms with E-state index >= 15 is 0 Å². The topological polar surface area (TPSA) is 61.9 Å². The summed E-state index contributed by atoms with van der Waals surface area (Å²) in [6, 6.07) is 20.3. The summed E-state index contributed by atoms with van der Waals surface area (Å²) in [6.07, 6.45) is 4.35. The number of carbonyl (C=O) groups is 2. The molecule has 4 rings (SSSR count). The molecule has 2 aromatic carbocycles. The van der Waals surface area contributed by atoms with Crippen LogP contribution in [-0.2, 0) is 16.1 Å². The van der Waals surface area contributed by atoms with E-state index in [4.69, 9.17) is 4.74 Å². The predicted molar refractivity (Wildman–Crippen MR) is 124 cm³/mol. The van der Waals surface area contributed by atoms with Gasteiger partial charge < -0.3 is 15.0 Å². The standard InChI is InChI=1S/C26H33N3O3/c30-25(18-27-26(31)22-10-5-2-6-11-22)28-16-13-23(14-17-28)29-15-7-12-24(29)20-32-19-21-8-3-1-4-9-21/h1-6,8-11,23-24H,7,12-20H2,(H,27,31)/t24-/m0/s1. The number of benzene rings is 2. The molecule has 0 aromatic heterocycles. The van der Waals surface area contributed by atoms with Crippen molar-refractivity contribution in [3.63, 3.8) is 0 Å². The van der Waals surface area contributed by atoms with Gasteiger partial charge >= 0.3 is 0 Å². The maximum Gasteiger partial charge on any atom is 0.251 e. The lowest BCUT2D eigenvalue weighted by atomic mass is 10.0. The summed E-state index contributed by atoms with van der Waals surface area (Å²) in [5.74, 6) is -0.207. The minimum Gasteiger partial charge on any atom is -0.375 e. The van der Waals surface area contributed by atoms with Crippen molar-refractivity contribution in [3.8, 4) is 0 Å². The van der Waals surface area contributed by atoms with Gasteiger partial charge in [0, 0.05) is 30.7 Å². The molecule has 0 saturated carbocycles. The van der Waals surface area contributed by atoms with Crippen LogP contribution in [0.25, 0.3) is 0 Å². The Morgan fingerprint density at radius 3 is 2.31 bits per heavy atom. The molecule has 1 atom stereocenters. The summed E-state index contributed by atoms with van der Waals surface area (Å²) >= 11 is 0. The number of piperidine rings is 1. The first-order chi connectivity index (χ1) is 15.7. The molecule has 2 aliphatic rings. The average Bonchev–Trinajstić information content (AvgIpc) is 3.32. The molecule has 0 aliphatic carbocycles. The quantitative estimate of drug-likeness (QED) is 0.692. The van der Waals surface area contributed by atoms with Crippen molar-refractivity contribution in [2.24, 2.45) is 0 Å². The lowest BCUT2D eigenvalue weighted by Crippen LogP contribution is -2.50. The van der Waals surface area contributed by atoms with E-state index in [1.807, 2.05) is 41.3 Å². The number of amides is 2. The smallest absolute Gasteiger partial charge is 0.251 e. The van der Waals surface area contributed by atoms with E-state index in [1.165, 1.54) is 18.4 Å². The molecule has 0 unspecified atom stereocenters. The minimum atomic E-state index is -0.204. The fourth-order valence-corrected chi connectivity index (χ4v) is 4.81. The number of likely N-dealkylation sites (tertiary alicyclic amines) is 2. The monoisotopic (exact) mass is 435 g/mol. The van der Waals surface area contributed by atoms with E-state index in [1.54, 1.807) is 12.1 Å². The van der Waals surface area contributed by atoms with Gasteiger partial charge in [-0.1, -0.05) is 48.5 Å². The van der Waals surface area contributed by atoms with Crippen LogP contribution in [0.2, 0.25) is 0 Å². The summed E-state index contributed by atoms with van der Waals surface area (Å²) in [5, 5.41) is 2.75. The molecule has 2 saturated heterocycles. The molecular formula is C26H33N3O3. The number of nitrogens with one attached hydrogen (secondary N) is 1. The second kappa shape index (κ2) is 11.2. The number of ether oxygens (including phenoxy) is 1. The normalized spacial score (nSPS) is 19.8. The zero-order valence-electron chi connectivity index (χ0n) is 18.6. The van der Waals surface area contributed by atoms with Gasteiger partial charge in [0.1, 0.15) is 0 Å². The highest BCUT2D eigenvalue weighted by Crippen LogP contribution is 2.26. The van der Waals surface area contributed by atoms with Gasteiger partial charge in [-0.25, -0.2) is 0 Å². The summed E-state index contributed by atoms with van der Waals surface area (Å²) in [6.45, 7) is 4.09. The Kier molecular flexibility index (Phi) is 7.91. The third kappa shape index (κ3) is 5.96. The third-order valence-corrected chi connectivity index (χ3v) is 6.57. The average molecular weight is 436 g/mol. The molecule has 6 nitrogen and oxygen atoms in total. The van der Waals surface area contributed by atoms with Gasteiger partial charge in [-0.2, -0.15) is 0 Å². The van der Waals surface area contributed by atoms with E-state index in [0.29, 0.717) is 24.3 Å². The fraction of sp³-hybridized carbons (Fsp3) is 0.462. The number of rotatable bonds is 8. The van der Waals surface area contributed by atoms with Crippen molar-refractivity contribution in [3.05, 3.63) is 71.8 Å². The highest BCUT2D eigenvalue weighted by molar-refractivity contribution is 5.96. The Hall–Kier alpha value is -2.70. The van der Waals surface area contributed by atoms with Crippen LogP contribution in [0.1, 0.15) is 41.6 Å². The first-order valence-electron chi connectivity index (χ1n) is 11.7. The van der Waals surface area contributed by atoms with Gasteiger partial charge in [0.05, 0.1) is 19.8 Å². The van der Waals surface area contributed by atoms with Crippen LogP contribution in [0.3, 0.4) is 0 Å². The molecule has 1 N–H and O–H groups in total. The maximum atomic E-state index is 12.6. The SMILES string of the molecule is O=C(NCC(=O)N1CCC(N2CCC[C@H]2COCc2ccccc2)CC1)c1ccccc1. The molecular weight excluding hydrogens is 402 g/mol. The van der Waals surface area contributed by atoms with Crippen LogP contribution >= 0.6 is 0 Å². The molecule has 170 valence electrons. The first kappa shape index (κ1) is 22.5. The Morgan fingerprint density at radius 2 is 1.59 bits per heavy atom. The molecule has 32 heavy (non-hydrogen) atoms. The van der Waals surface area contributed by atoms with Crippen molar-refractivity contribution in [2.45, 2.75) is 44.4 Å². The molecule has 0 radical (unpaired) electrons. The van der Waals surface area contributed by atoms with E-state index in [0.717, 1.165) is 39.1 Å². The van der Waals surface area contributed by atoms with Gasteiger partial charge in [-0.15, -0.1) is 0 Å². The van der Waals surface area contributed by atoms with Crippen molar-refractivity contribution in [2.75, 3.05) is 32.8 Å². The Labute approximate surface area is 190 Å². The van der Waals surface area contributed by atoms with Crippen LogP contribution < -0.4 is 5.32 Å². The third-order valence-electron chi connectivity index (χ3n) is 6.57. The van der Waals surface area contributed by atoms with E-state index in [9.17, 15) is 9.59 Å². The van der Waals surface area contributed by atoms with Crippen LogP contribution in [0.15, 0.2) is 60.7 Å².